The van der Waals surface area contributed by atoms with E-state index >= 15 is 0 Å². The molecule has 0 aliphatic carbocycles. The number of hydrogen-bond acceptors (Lipinski definition) is 6. The third-order valence-electron chi connectivity index (χ3n) is 2.35. The van der Waals surface area contributed by atoms with Gasteiger partial charge in [-0.15, -0.1) is 0 Å². The van der Waals surface area contributed by atoms with Crippen LogP contribution in [0.4, 0.5) is 0 Å². The lowest BCUT2D eigenvalue weighted by Gasteiger charge is -2.01. The molecule has 104 valence electrons. The van der Waals surface area contributed by atoms with Crippen LogP contribution in [0.15, 0.2) is 4.52 Å². The highest BCUT2D eigenvalue weighted by Crippen LogP contribution is 2.06. The second kappa shape index (κ2) is 7.48. The van der Waals surface area contributed by atoms with Crippen LogP contribution in [0.2, 0.25) is 0 Å². The molecule has 0 spiro atoms. The van der Waals surface area contributed by atoms with Gasteiger partial charge in [-0.3, -0.25) is 0 Å². The molecule has 6 nitrogen and oxygen atoms in total. The average Bonchev–Trinajstić information content (AvgIpc) is 2.73. The van der Waals surface area contributed by atoms with E-state index in [4.69, 9.17) is 9.26 Å². The summed E-state index contributed by atoms with van der Waals surface area (Å²) in [5.41, 5.74) is 0. The van der Waals surface area contributed by atoms with Gasteiger partial charge >= 0.3 is 0 Å². The lowest BCUT2D eigenvalue weighted by atomic mass is 10.2. The van der Waals surface area contributed by atoms with Crippen molar-refractivity contribution in [3.05, 3.63) is 11.7 Å². The monoisotopic (exact) mass is 276 g/mol. The van der Waals surface area contributed by atoms with E-state index in [2.05, 4.69) is 17.1 Å². The van der Waals surface area contributed by atoms with Crippen molar-refractivity contribution < 1.29 is 17.7 Å². The maximum Gasteiger partial charge on any atom is 0.241 e. The molecule has 0 aliphatic heterocycles. The molecule has 0 aromatic carbocycles. The Hall–Kier alpha value is -0.950. The summed E-state index contributed by atoms with van der Waals surface area (Å²) in [6, 6.07) is 0. The molecule has 0 radical (unpaired) electrons. The SMILES string of the molecule is CCCCc1noc(CS(=O)(=O)CCOCC)n1. The predicted octanol–water partition coefficient (Wildman–Crippen LogP) is 1.36. The highest BCUT2D eigenvalue weighted by molar-refractivity contribution is 7.90. The number of rotatable bonds is 9. The number of ether oxygens (including phenoxy) is 1. The largest absolute Gasteiger partial charge is 0.381 e. The van der Waals surface area contributed by atoms with E-state index in [9.17, 15) is 8.42 Å². The fourth-order valence-electron chi connectivity index (χ4n) is 1.38. The number of sulfone groups is 1. The minimum absolute atomic E-state index is 0.0203. The quantitative estimate of drug-likeness (QED) is 0.633. The fourth-order valence-corrected chi connectivity index (χ4v) is 2.39. The van der Waals surface area contributed by atoms with Gasteiger partial charge in [0, 0.05) is 13.0 Å². The first-order valence-corrected chi connectivity index (χ1v) is 7.99. The molecule has 1 rings (SSSR count). The summed E-state index contributed by atoms with van der Waals surface area (Å²) in [6.45, 7) is 4.61. The molecule has 18 heavy (non-hydrogen) atoms. The molecule has 0 saturated heterocycles. The molecular formula is C11H20N2O4S. The average molecular weight is 276 g/mol. The van der Waals surface area contributed by atoms with Crippen LogP contribution in [-0.4, -0.2) is 37.5 Å². The molecular weight excluding hydrogens is 256 g/mol. The number of unbranched alkanes of at least 4 members (excludes halogenated alkanes) is 1. The number of aromatic nitrogens is 2. The Morgan fingerprint density at radius 2 is 2.11 bits per heavy atom. The summed E-state index contributed by atoms with van der Waals surface area (Å²) in [5, 5.41) is 3.75. The van der Waals surface area contributed by atoms with Crippen LogP contribution in [0.5, 0.6) is 0 Å². The summed E-state index contributed by atoms with van der Waals surface area (Å²) in [4.78, 5) is 4.06. The Morgan fingerprint density at radius 3 is 2.78 bits per heavy atom. The zero-order valence-corrected chi connectivity index (χ0v) is 11.7. The van der Waals surface area contributed by atoms with E-state index in [1.807, 2.05) is 6.92 Å². The topological polar surface area (TPSA) is 82.3 Å². The van der Waals surface area contributed by atoms with Gasteiger partial charge in [0.1, 0.15) is 5.75 Å². The molecule has 0 fully saturated rings. The van der Waals surface area contributed by atoms with E-state index in [0.29, 0.717) is 12.4 Å². The summed E-state index contributed by atoms with van der Waals surface area (Å²) in [5.74, 6) is 0.511. The standard InChI is InChI=1S/C11H20N2O4S/c1-3-5-6-10-12-11(17-13-10)9-18(14,15)8-7-16-4-2/h3-9H2,1-2H3. The molecule has 0 N–H and O–H groups in total. The zero-order valence-electron chi connectivity index (χ0n) is 10.9. The fraction of sp³-hybridized carbons (Fsp3) is 0.818. The van der Waals surface area contributed by atoms with Crippen molar-refractivity contribution >= 4 is 9.84 Å². The van der Waals surface area contributed by atoms with E-state index in [-0.39, 0.29) is 24.0 Å². The second-order valence-electron chi connectivity index (χ2n) is 4.00. The first-order chi connectivity index (χ1) is 8.57. The Labute approximate surface area is 108 Å². The summed E-state index contributed by atoms with van der Waals surface area (Å²) in [6.07, 6.45) is 2.73. The predicted molar refractivity (Wildman–Crippen MR) is 66.9 cm³/mol. The second-order valence-corrected chi connectivity index (χ2v) is 6.18. The molecule has 7 heteroatoms. The van der Waals surface area contributed by atoms with Crippen LogP contribution >= 0.6 is 0 Å². The molecule has 0 unspecified atom stereocenters. The minimum atomic E-state index is -3.24. The van der Waals surface area contributed by atoms with Crippen LogP contribution in [0.25, 0.3) is 0 Å². The van der Waals surface area contributed by atoms with Crippen LogP contribution in [-0.2, 0) is 26.7 Å². The van der Waals surface area contributed by atoms with Gasteiger partial charge in [-0.1, -0.05) is 18.5 Å². The Balaban J connectivity index is 2.48. The molecule has 0 bridgehead atoms. The highest BCUT2D eigenvalue weighted by atomic mass is 32.2. The Kier molecular flexibility index (Phi) is 6.28. The maximum absolute atomic E-state index is 11.7. The molecule has 0 aliphatic rings. The first-order valence-electron chi connectivity index (χ1n) is 6.17. The van der Waals surface area contributed by atoms with E-state index in [1.165, 1.54) is 0 Å². The third kappa shape index (κ3) is 5.59. The molecule has 0 atom stereocenters. The molecule has 1 aromatic heterocycles. The number of aryl methyl sites for hydroxylation is 1. The molecule has 1 heterocycles. The van der Waals surface area contributed by atoms with Gasteiger partial charge in [0.15, 0.2) is 15.7 Å². The van der Waals surface area contributed by atoms with Gasteiger partial charge in [-0.05, 0) is 13.3 Å². The van der Waals surface area contributed by atoms with Crippen molar-refractivity contribution in [1.29, 1.82) is 0 Å². The third-order valence-corrected chi connectivity index (χ3v) is 3.83. The Bertz CT molecular complexity index is 442. The number of hydrogen-bond donors (Lipinski definition) is 0. The van der Waals surface area contributed by atoms with Crippen LogP contribution in [0, 0.1) is 0 Å². The van der Waals surface area contributed by atoms with Gasteiger partial charge in [0.25, 0.3) is 0 Å². The molecule has 1 aromatic rings. The Morgan fingerprint density at radius 1 is 1.33 bits per heavy atom. The van der Waals surface area contributed by atoms with Crippen molar-refractivity contribution in [3.63, 3.8) is 0 Å². The van der Waals surface area contributed by atoms with E-state index in [1.54, 1.807) is 0 Å². The zero-order chi connectivity index (χ0) is 13.4. The normalized spacial score (nSPS) is 11.9. The first kappa shape index (κ1) is 15.1. The van der Waals surface area contributed by atoms with Crippen molar-refractivity contribution in [2.75, 3.05) is 19.0 Å². The van der Waals surface area contributed by atoms with Crippen molar-refractivity contribution in [3.8, 4) is 0 Å². The van der Waals surface area contributed by atoms with Gasteiger partial charge < -0.3 is 9.26 Å². The van der Waals surface area contributed by atoms with Crippen LogP contribution in [0.1, 0.15) is 38.4 Å². The smallest absolute Gasteiger partial charge is 0.241 e. The maximum atomic E-state index is 11.7. The van der Waals surface area contributed by atoms with Crippen molar-refractivity contribution in [2.45, 2.75) is 38.9 Å². The van der Waals surface area contributed by atoms with Gasteiger partial charge in [0.2, 0.25) is 5.89 Å². The summed E-state index contributed by atoms with van der Waals surface area (Å²) >= 11 is 0. The van der Waals surface area contributed by atoms with Crippen LogP contribution < -0.4 is 0 Å². The molecule has 0 amide bonds. The lowest BCUT2D eigenvalue weighted by molar-refractivity contribution is 0.163. The van der Waals surface area contributed by atoms with Crippen LogP contribution in [0.3, 0.4) is 0 Å². The van der Waals surface area contributed by atoms with Crippen molar-refractivity contribution in [1.82, 2.24) is 10.1 Å². The lowest BCUT2D eigenvalue weighted by Crippen LogP contribution is -2.14. The minimum Gasteiger partial charge on any atom is -0.381 e. The highest BCUT2D eigenvalue weighted by Gasteiger charge is 2.17. The molecule has 0 saturated carbocycles. The van der Waals surface area contributed by atoms with Gasteiger partial charge in [-0.2, -0.15) is 4.98 Å². The summed E-state index contributed by atoms with van der Waals surface area (Å²) in [7, 11) is -3.24. The van der Waals surface area contributed by atoms with Crippen molar-refractivity contribution in [2.24, 2.45) is 0 Å². The van der Waals surface area contributed by atoms with E-state index < -0.39 is 9.84 Å². The van der Waals surface area contributed by atoms with Gasteiger partial charge in [-0.25, -0.2) is 8.42 Å². The number of nitrogens with zero attached hydrogens (tertiary/aromatic N) is 2. The van der Waals surface area contributed by atoms with Gasteiger partial charge in [0.05, 0.1) is 12.4 Å². The van der Waals surface area contributed by atoms with E-state index in [0.717, 1.165) is 19.3 Å². The summed E-state index contributed by atoms with van der Waals surface area (Å²) < 4.78 is 33.3.